The molecule has 4 aliphatic heterocycles. The molecular weight excluding hydrogens is 1000 g/mol. The number of hydrogen-bond donors (Lipinski definition) is 0. The van der Waals surface area contributed by atoms with Gasteiger partial charge in [-0.3, -0.25) is 0 Å². The molecule has 0 bridgehead atoms. The zero-order valence-electron chi connectivity index (χ0n) is 44.9. The Balaban J connectivity index is 0.995. The molecule has 0 amide bonds. The molecule has 0 saturated heterocycles. The van der Waals surface area contributed by atoms with Gasteiger partial charge in [0.2, 0.25) is 0 Å². The molecule has 82 heavy (non-hydrogen) atoms. The van der Waals surface area contributed by atoms with Gasteiger partial charge in [-0.05, 0) is 119 Å². The van der Waals surface area contributed by atoms with E-state index in [-0.39, 0.29) is 13.4 Å². The first-order valence-corrected chi connectivity index (χ1v) is 29.5. The summed E-state index contributed by atoms with van der Waals surface area (Å²) in [6.45, 7) is -0.522. The molecule has 0 N–H and O–H groups in total. The summed E-state index contributed by atoms with van der Waals surface area (Å²) in [5.41, 5.74) is 26.9. The highest BCUT2D eigenvalue weighted by molar-refractivity contribution is 7.02. The van der Waals surface area contributed by atoms with Crippen LogP contribution in [0.1, 0.15) is 74.3 Å². The van der Waals surface area contributed by atoms with Gasteiger partial charge in [0.05, 0.1) is 56.2 Å². The van der Waals surface area contributed by atoms with E-state index >= 15 is 0 Å². The number of fused-ring (bicyclic) bond motifs is 16. The lowest BCUT2D eigenvalue weighted by molar-refractivity contribution is 0.472. The Bertz CT molecular complexity index is 4580. The van der Waals surface area contributed by atoms with Gasteiger partial charge >= 0.3 is 0 Å². The van der Waals surface area contributed by atoms with Gasteiger partial charge in [0, 0.05) is 33.2 Å². The maximum atomic E-state index is 7.89. The van der Waals surface area contributed by atoms with Crippen molar-refractivity contribution in [3.05, 3.63) is 205 Å². The summed E-state index contributed by atoms with van der Waals surface area (Å²) < 4.78 is 20.7. The Morgan fingerprint density at radius 2 is 0.720 bits per heavy atom. The van der Waals surface area contributed by atoms with Gasteiger partial charge in [-0.25, -0.2) is 19.9 Å². The summed E-state index contributed by atoms with van der Waals surface area (Å²) >= 11 is 0. The van der Waals surface area contributed by atoms with Crippen LogP contribution in [0.25, 0.3) is 101 Å². The standard InChI is InChI=1S/C72H50B2N6O2/c1-5-21-43(22-6-1)53-31-33-57-63(75-53)65-67-51(39-55(77-65)45-25-9-3-10-26-45)73-49-37-47(41-17-13-14-18-41)29-35-59(49)82-72-61(73)69(79(57)67)71-62-70(72)80-58-34-32-54(44-23-7-2-8-24-44)76-64(58)66-68(80)52(40-56(78-66)46-27-11-4-12-28-46)74(62)50-38-48(30-36-60(50)81-71)42-19-15-16-20-42/h1-12,21-42H,13-20H2. The zero-order valence-corrected chi connectivity index (χ0v) is 44.9. The second kappa shape index (κ2) is 17.0. The molecular formula is C72H50B2N6O2. The van der Waals surface area contributed by atoms with Gasteiger partial charge in [0.15, 0.2) is 0 Å². The van der Waals surface area contributed by atoms with Crippen LogP contribution in [-0.4, -0.2) is 42.5 Å². The van der Waals surface area contributed by atoms with Gasteiger partial charge < -0.3 is 18.6 Å². The van der Waals surface area contributed by atoms with Gasteiger partial charge in [-0.2, -0.15) is 0 Å². The number of aromatic nitrogens is 6. The number of hydrogen-bond acceptors (Lipinski definition) is 6. The summed E-state index contributed by atoms with van der Waals surface area (Å²) in [5, 5.41) is 0. The molecule has 386 valence electrons. The summed E-state index contributed by atoms with van der Waals surface area (Å²) in [7, 11) is 0. The highest BCUT2D eigenvalue weighted by Crippen LogP contribution is 2.49. The second-order valence-corrected chi connectivity index (χ2v) is 23.7. The Kier molecular flexibility index (Phi) is 9.38. The van der Waals surface area contributed by atoms with E-state index in [1.54, 1.807) is 0 Å². The van der Waals surface area contributed by atoms with Crippen LogP contribution in [0.15, 0.2) is 194 Å². The molecule has 0 radical (unpaired) electrons. The fraction of sp³-hybridized carbons (Fsp3) is 0.139. The predicted octanol–water partition coefficient (Wildman–Crippen LogP) is 13.3. The van der Waals surface area contributed by atoms with Crippen molar-refractivity contribution in [2.24, 2.45) is 0 Å². The molecule has 0 atom stereocenters. The molecule has 6 aliphatic rings. The van der Waals surface area contributed by atoms with E-state index in [1.807, 2.05) is 0 Å². The summed E-state index contributed by atoms with van der Waals surface area (Å²) in [6.07, 6.45) is 9.77. The summed E-state index contributed by atoms with van der Waals surface area (Å²) in [4.78, 5) is 22.7. The fourth-order valence-corrected chi connectivity index (χ4v) is 15.6. The van der Waals surface area contributed by atoms with Gasteiger partial charge in [0.25, 0.3) is 13.4 Å². The Hall–Kier alpha value is -9.53. The van der Waals surface area contributed by atoms with Gasteiger partial charge in [-0.1, -0.05) is 171 Å². The Morgan fingerprint density at radius 3 is 1.11 bits per heavy atom. The van der Waals surface area contributed by atoms with E-state index in [0.29, 0.717) is 11.8 Å². The van der Waals surface area contributed by atoms with Crippen LogP contribution in [0.4, 0.5) is 0 Å². The largest absolute Gasteiger partial charge is 0.456 e. The summed E-state index contributed by atoms with van der Waals surface area (Å²) in [5.74, 6) is 4.41. The van der Waals surface area contributed by atoms with Crippen molar-refractivity contribution in [3.8, 4) is 79.4 Å². The average molecular weight is 1050 g/mol. The minimum absolute atomic E-state index is 0.261. The first-order valence-electron chi connectivity index (χ1n) is 29.5. The molecule has 10 heteroatoms. The van der Waals surface area contributed by atoms with Crippen LogP contribution in [0, 0.1) is 0 Å². The molecule has 10 heterocycles. The third-order valence-electron chi connectivity index (χ3n) is 19.3. The second-order valence-electron chi connectivity index (χ2n) is 23.7. The topological polar surface area (TPSA) is 79.9 Å². The molecule has 7 aromatic carbocycles. The van der Waals surface area contributed by atoms with E-state index in [9.17, 15) is 0 Å². The van der Waals surface area contributed by atoms with Crippen LogP contribution in [-0.2, 0) is 0 Å². The highest BCUT2D eigenvalue weighted by atomic mass is 16.5. The van der Waals surface area contributed by atoms with Crippen LogP contribution in [0.2, 0.25) is 0 Å². The van der Waals surface area contributed by atoms with Crippen molar-refractivity contribution in [2.75, 3.05) is 0 Å². The predicted molar refractivity (Wildman–Crippen MR) is 333 cm³/mol. The maximum absolute atomic E-state index is 7.89. The van der Waals surface area contributed by atoms with E-state index in [1.165, 1.54) is 84.3 Å². The average Bonchev–Trinajstić information content (AvgIpc) is 3.78. The molecule has 2 aliphatic carbocycles. The molecule has 0 unspecified atom stereocenters. The molecule has 2 saturated carbocycles. The van der Waals surface area contributed by atoms with Crippen molar-refractivity contribution >= 4 is 90.3 Å². The highest BCUT2D eigenvalue weighted by Gasteiger charge is 2.51. The minimum Gasteiger partial charge on any atom is -0.456 e. The van der Waals surface area contributed by atoms with Crippen molar-refractivity contribution in [2.45, 2.75) is 63.2 Å². The number of rotatable bonds is 6. The van der Waals surface area contributed by atoms with Crippen LogP contribution < -0.4 is 42.3 Å². The quantitative estimate of drug-likeness (QED) is 0.154. The fourth-order valence-electron chi connectivity index (χ4n) is 15.6. The van der Waals surface area contributed by atoms with E-state index in [2.05, 4.69) is 203 Å². The lowest BCUT2D eigenvalue weighted by Crippen LogP contribution is -2.63. The number of ether oxygens (including phenoxy) is 2. The zero-order chi connectivity index (χ0) is 53.3. The van der Waals surface area contributed by atoms with Crippen molar-refractivity contribution in [1.82, 2.24) is 29.1 Å². The summed E-state index contributed by atoms with van der Waals surface area (Å²) in [6, 6.07) is 70.3. The minimum atomic E-state index is -0.261. The molecule has 0 spiro atoms. The monoisotopic (exact) mass is 1050 g/mol. The van der Waals surface area contributed by atoms with Crippen molar-refractivity contribution < 1.29 is 9.47 Å². The number of pyridine rings is 4. The van der Waals surface area contributed by atoms with Crippen molar-refractivity contribution in [3.63, 3.8) is 0 Å². The normalized spacial score (nSPS) is 15.5. The van der Waals surface area contributed by atoms with Crippen LogP contribution >= 0.6 is 0 Å². The van der Waals surface area contributed by atoms with E-state index < -0.39 is 0 Å². The van der Waals surface area contributed by atoms with Crippen LogP contribution in [0.5, 0.6) is 23.0 Å². The molecule has 8 nitrogen and oxygen atoms in total. The van der Waals surface area contributed by atoms with E-state index in [0.717, 1.165) is 134 Å². The lowest BCUT2D eigenvalue weighted by Gasteiger charge is -2.41. The number of benzene rings is 7. The Morgan fingerprint density at radius 1 is 0.354 bits per heavy atom. The van der Waals surface area contributed by atoms with Crippen LogP contribution in [0.3, 0.4) is 0 Å². The maximum Gasteiger partial charge on any atom is 0.256 e. The SMILES string of the molecule is c1ccc(-c2ccc3c(n2)c2nc(-c4ccccc4)cc4c2n3-c2c3c5c(c6c2B4c2cc(C4CCCC4)ccc2O6)-n2c4ccc(-c6ccccc6)nc4c4nc(-c6ccccc6)cc(c42)B5c2cc(C4CCCC4)ccc2O3)cc1. The third-order valence-corrected chi connectivity index (χ3v) is 19.3. The van der Waals surface area contributed by atoms with Gasteiger partial charge in [0.1, 0.15) is 45.1 Å². The van der Waals surface area contributed by atoms with Gasteiger partial charge in [-0.15, -0.1) is 0 Å². The Labute approximate surface area is 474 Å². The van der Waals surface area contributed by atoms with Crippen molar-refractivity contribution in [1.29, 1.82) is 0 Å². The van der Waals surface area contributed by atoms with E-state index in [4.69, 9.17) is 29.4 Å². The molecule has 6 aromatic heterocycles. The third kappa shape index (κ3) is 6.29. The number of nitrogens with zero attached hydrogens (tertiary/aromatic N) is 6. The molecule has 13 aromatic rings. The first kappa shape index (κ1) is 45.2. The molecule has 2 fully saturated rings. The first-order chi connectivity index (χ1) is 40.7. The smallest absolute Gasteiger partial charge is 0.256 e. The molecule has 19 rings (SSSR count). The lowest BCUT2D eigenvalue weighted by atomic mass is 9.31.